The van der Waals surface area contributed by atoms with Gasteiger partial charge >= 0.3 is 5.91 Å². The fourth-order valence-corrected chi connectivity index (χ4v) is 4.14. The van der Waals surface area contributed by atoms with Gasteiger partial charge in [-0.15, -0.1) is 0 Å². The maximum Gasteiger partial charge on any atom is 0.342 e. The first-order valence-electron chi connectivity index (χ1n) is 7.54. The van der Waals surface area contributed by atoms with Gasteiger partial charge in [-0.1, -0.05) is 0 Å². The second-order valence-electron chi connectivity index (χ2n) is 5.94. The molecule has 25 heavy (non-hydrogen) atoms. The molecule has 0 saturated heterocycles. The van der Waals surface area contributed by atoms with Crippen LogP contribution >= 0.6 is 0 Å². The van der Waals surface area contributed by atoms with Crippen LogP contribution in [0.1, 0.15) is 11.5 Å². The van der Waals surface area contributed by atoms with Crippen LogP contribution in [-0.4, -0.2) is 40.2 Å². The lowest BCUT2D eigenvalue weighted by atomic mass is 9.93. The molecule has 1 aromatic rings. The highest BCUT2D eigenvalue weighted by molar-refractivity contribution is 5.95. The second-order valence-corrected chi connectivity index (χ2v) is 5.94. The van der Waals surface area contributed by atoms with Crippen LogP contribution in [-0.2, 0) is 9.47 Å². The smallest absolute Gasteiger partial charge is 0.342 e. The van der Waals surface area contributed by atoms with Gasteiger partial charge in [-0.05, 0) is 18.2 Å². The average Bonchev–Trinajstić information content (AvgIpc) is 3.23. The first-order valence-corrected chi connectivity index (χ1v) is 7.54. The molecule has 1 aromatic carbocycles. The molecule has 1 aliphatic carbocycles. The van der Waals surface area contributed by atoms with Gasteiger partial charge in [0, 0.05) is 19.8 Å². The van der Waals surface area contributed by atoms with E-state index >= 15 is 0 Å². The third-order valence-electron chi connectivity index (χ3n) is 5.32. The van der Waals surface area contributed by atoms with Crippen LogP contribution in [0.3, 0.4) is 0 Å². The Balaban J connectivity index is 2.29. The third kappa shape index (κ3) is 1.63. The number of benzene rings is 1. The van der Waals surface area contributed by atoms with Gasteiger partial charge in [-0.3, -0.25) is 5.73 Å². The summed E-state index contributed by atoms with van der Waals surface area (Å²) in [7, 11) is 5.85. The summed E-state index contributed by atoms with van der Waals surface area (Å²) in [5.41, 5.74) is 4.09. The van der Waals surface area contributed by atoms with Crippen molar-refractivity contribution in [3.05, 3.63) is 23.8 Å². The lowest BCUT2D eigenvalue weighted by Gasteiger charge is -2.27. The van der Waals surface area contributed by atoms with Gasteiger partial charge in [-0.2, -0.15) is 10.5 Å². The molecule has 2 aliphatic rings. The quantitative estimate of drug-likeness (QED) is 0.672. The van der Waals surface area contributed by atoms with Crippen LogP contribution in [0.25, 0.3) is 0 Å². The summed E-state index contributed by atoms with van der Waals surface area (Å²) in [6, 6.07) is 9.65. The number of amidine groups is 1. The molecule has 8 nitrogen and oxygen atoms in total. The largest absolute Gasteiger partial charge is 0.497 e. The minimum atomic E-state index is -1.54. The van der Waals surface area contributed by atoms with Crippen LogP contribution in [0.4, 0.5) is 0 Å². The average molecular weight is 343 g/mol. The monoisotopic (exact) mass is 343 g/mol. The van der Waals surface area contributed by atoms with Crippen molar-refractivity contribution in [2.75, 3.05) is 28.4 Å². The van der Waals surface area contributed by atoms with Gasteiger partial charge in [-0.25, -0.2) is 4.99 Å². The van der Waals surface area contributed by atoms with Crippen LogP contribution < -0.4 is 20.2 Å². The molecule has 1 aliphatic heterocycles. The van der Waals surface area contributed by atoms with E-state index in [0.29, 0.717) is 17.1 Å². The molecule has 0 radical (unpaired) electrons. The highest BCUT2D eigenvalue weighted by atomic mass is 16.7. The second kappa shape index (κ2) is 5.35. The van der Waals surface area contributed by atoms with Crippen molar-refractivity contribution in [3.63, 3.8) is 0 Å². The van der Waals surface area contributed by atoms with Crippen molar-refractivity contribution in [1.29, 1.82) is 10.5 Å². The summed E-state index contributed by atoms with van der Waals surface area (Å²) in [5.74, 6) is -0.913. The lowest BCUT2D eigenvalue weighted by molar-refractivity contribution is -0.687. The summed E-state index contributed by atoms with van der Waals surface area (Å²) >= 11 is 0. The molecular weight excluding hydrogens is 324 g/mol. The normalized spacial score (nSPS) is 31.3. The fraction of sp³-hybridized carbons (Fsp3) is 0.471. The molecule has 0 unspecified atom stereocenters. The van der Waals surface area contributed by atoms with Gasteiger partial charge in [0.05, 0.1) is 32.3 Å². The Kier molecular flexibility index (Phi) is 3.64. The molecule has 8 heteroatoms. The minimum absolute atomic E-state index is 0.134. The van der Waals surface area contributed by atoms with E-state index in [2.05, 4.69) is 17.1 Å². The van der Waals surface area contributed by atoms with Crippen molar-refractivity contribution >= 4 is 5.84 Å². The van der Waals surface area contributed by atoms with Crippen molar-refractivity contribution < 1.29 is 23.9 Å². The molecule has 1 fully saturated rings. The van der Waals surface area contributed by atoms with Crippen molar-refractivity contribution in [3.8, 4) is 23.6 Å². The Morgan fingerprint density at radius 3 is 2.24 bits per heavy atom. The molecule has 3 atom stereocenters. The summed E-state index contributed by atoms with van der Waals surface area (Å²) in [4.78, 5) is 2.85. The Hall–Kier alpha value is -2.81. The highest BCUT2D eigenvalue weighted by Gasteiger charge is 2.97. The number of hydrogen-bond acceptors (Lipinski definition) is 7. The van der Waals surface area contributed by atoms with Crippen molar-refractivity contribution in [2.45, 2.75) is 11.8 Å². The summed E-state index contributed by atoms with van der Waals surface area (Å²) in [6.07, 6.45) is 0. The number of fused-ring (bicyclic) bond motifs is 1. The third-order valence-corrected chi connectivity index (χ3v) is 5.32. The first-order chi connectivity index (χ1) is 12.0. The van der Waals surface area contributed by atoms with E-state index in [9.17, 15) is 10.5 Å². The number of nitrogens with two attached hydrogens (primary N) is 1. The molecule has 0 bridgehead atoms. The van der Waals surface area contributed by atoms with Crippen molar-refractivity contribution in [1.82, 2.24) is 0 Å². The summed E-state index contributed by atoms with van der Waals surface area (Å²) in [5, 5.41) is 20.0. The Morgan fingerprint density at radius 1 is 1.08 bits per heavy atom. The maximum absolute atomic E-state index is 10.1. The van der Waals surface area contributed by atoms with Crippen LogP contribution in [0, 0.1) is 33.5 Å². The predicted molar refractivity (Wildman–Crippen MR) is 85.3 cm³/mol. The number of nitrogens with one attached hydrogen (secondary N) is 1. The molecule has 1 saturated carbocycles. The zero-order valence-electron chi connectivity index (χ0n) is 14.4. The van der Waals surface area contributed by atoms with E-state index in [0.717, 1.165) is 0 Å². The van der Waals surface area contributed by atoms with E-state index < -0.39 is 22.7 Å². The Labute approximate surface area is 145 Å². The molecule has 0 amide bonds. The minimum Gasteiger partial charge on any atom is -0.497 e. The van der Waals surface area contributed by atoms with Gasteiger partial charge in [0.1, 0.15) is 11.5 Å². The summed E-state index contributed by atoms with van der Waals surface area (Å²) in [6.45, 7) is 0. The van der Waals surface area contributed by atoms with Gasteiger partial charge in [0.2, 0.25) is 0 Å². The zero-order valence-corrected chi connectivity index (χ0v) is 14.4. The van der Waals surface area contributed by atoms with E-state index in [1.807, 2.05) is 0 Å². The molecular formula is C17H19N4O4+. The number of ether oxygens (including phenoxy) is 4. The predicted octanol–water partition coefficient (Wildman–Crippen LogP) is -0.781. The molecule has 0 spiro atoms. The lowest BCUT2D eigenvalue weighted by Crippen LogP contribution is -2.90. The number of methoxy groups -OCH3 is 4. The van der Waals surface area contributed by atoms with E-state index in [1.165, 1.54) is 28.4 Å². The van der Waals surface area contributed by atoms with Gasteiger partial charge in [0.25, 0.3) is 5.84 Å². The maximum atomic E-state index is 10.1. The molecule has 1 heterocycles. The molecule has 130 valence electrons. The van der Waals surface area contributed by atoms with Gasteiger partial charge < -0.3 is 18.9 Å². The molecule has 0 aromatic heterocycles. The molecule has 3 rings (SSSR count). The van der Waals surface area contributed by atoms with Crippen LogP contribution in [0.5, 0.6) is 11.5 Å². The SMILES string of the molecule is COc1ccc(OC)c([C@H]2[C@]3(C#N)C(N)=[NH+]C(OC)(OC)[C@]23C#N)c1. The van der Waals surface area contributed by atoms with E-state index in [1.54, 1.807) is 18.2 Å². The first kappa shape index (κ1) is 17.0. The van der Waals surface area contributed by atoms with Crippen LogP contribution in [0.15, 0.2) is 18.2 Å². The standard InChI is InChI=1S/C17H18N4O4/c1-22-10-5-6-12(23-2)11(7-10)13-15(8-18)14(20)21-17(24-3,25-4)16(13,15)9-19/h5-7,13H,1-4H3,(H2,20,21)/p+1/t13-,15+,16+/m0/s1. The number of nitriles is 2. The van der Waals surface area contributed by atoms with Gasteiger partial charge in [0.15, 0.2) is 10.8 Å². The Morgan fingerprint density at radius 2 is 1.76 bits per heavy atom. The van der Waals surface area contributed by atoms with Crippen LogP contribution in [0.2, 0.25) is 0 Å². The Bertz CT molecular complexity index is 836. The van der Waals surface area contributed by atoms with E-state index in [4.69, 9.17) is 24.7 Å². The number of nitrogens with zero attached hydrogens (tertiary/aromatic N) is 2. The molecule has 3 N–H and O–H groups in total. The van der Waals surface area contributed by atoms with E-state index in [-0.39, 0.29) is 5.84 Å². The van der Waals surface area contributed by atoms with Crippen molar-refractivity contribution in [2.24, 2.45) is 16.6 Å². The number of rotatable bonds is 5. The zero-order chi connectivity index (χ0) is 18.5. The summed E-state index contributed by atoms with van der Waals surface area (Å²) < 4.78 is 21.7. The highest BCUT2D eigenvalue weighted by Crippen LogP contribution is 2.79. The number of hydrogen-bond donors (Lipinski definition) is 2. The fourth-order valence-electron chi connectivity index (χ4n) is 4.14. The topological polar surface area (TPSA) is 124 Å².